The van der Waals surface area contributed by atoms with E-state index in [2.05, 4.69) is 26.5 Å². The van der Waals surface area contributed by atoms with Crippen LogP contribution in [0, 0.1) is 0 Å². The number of hydrogen-bond acceptors (Lipinski definition) is 2. The van der Waals surface area contributed by atoms with Gasteiger partial charge in [0.15, 0.2) is 0 Å². The summed E-state index contributed by atoms with van der Waals surface area (Å²) in [5.41, 5.74) is 4.18. The summed E-state index contributed by atoms with van der Waals surface area (Å²) in [6.07, 6.45) is 5.14. The van der Waals surface area contributed by atoms with Gasteiger partial charge in [0.05, 0.1) is 0 Å². The zero-order valence-corrected chi connectivity index (χ0v) is 8.83. The van der Waals surface area contributed by atoms with E-state index in [0.29, 0.717) is 0 Å². The van der Waals surface area contributed by atoms with Gasteiger partial charge in [0.25, 0.3) is 0 Å². The largest absolute Gasteiger partial charge is 0.372 e. The molecule has 80 valence electrons. The van der Waals surface area contributed by atoms with E-state index in [9.17, 15) is 4.39 Å². The quantitative estimate of drug-likeness (QED) is 0.603. The second-order valence-electron chi connectivity index (χ2n) is 3.88. The molecule has 1 aliphatic heterocycles. The molecule has 0 aromatic carbocycles. The summed E-state index contributed by atoms with van der Waals surface area (Å²) in [4.78, 5) is 10.6. The van der Waals surface area contributed by atoms with E-state index in [-0.39, 0.29) is 17.8 Å². The zero-order chi connectivity index (χ0) is 11.2. The van der Waals surface area contributed by atoms with Gasteiger partial charge in [-0.2, -0.15) is 0 Å². The molecule has 0 radical (unpaired) electrons. The molecule has 1 aliphatic rings. The number of primary amides is 1. The van der Waals surface area contributed by atoms with Crippen molar-refractivity contribution >= 4 is 6.41 Å². The number of nitrogens with two attached hydrogens (primary N) is 1. The standard InChI is InChI=1S/C9H14FN.CH3NO/c1-9(2,3)11-6-4-5-8(10)7-11;2-1-3/h4-5,7H,6H2,1-3H3;1H,(H2,2,3). The molecular formula is C10H17FN2O. The first-order valence-corrected chi connectivity index (χ1v) is 4.37. The molecule has 1 amide bonds. The second-order valence-corrected chi connectivity index (χ2v) is 3.88. The Labute approximate surface area is 84.1 Å². The Hall–Kier alpha value is -1.32. The Morgan fingerprint density at radius 2 is 2.07 bits per heavy atom. The molecular weight excluding hydrogens is 183 g/mol. The summed E-state index contributed by atoms with van der Waals surface area (Å²) >= 11 is 0. The maximum Gasteiger partial charge on any atom is 0.204 e. The molecule has 0 atom stereocenters. The summed E-state index contributed by atoms with van der Waals surface area (Å²) in [6, 6.07) is 0. The van der Waals surface area contributed by atoms with Gasteiger partial charge in [0.1, 0.15) is 5.83 Å². The molecule has 0 saturated carbocycles. The Morgan fingerprint density at radius 1 is 1.57 bits per heavy atom. The molecule has 3 nitrogen and oxygen atoms in total. The van der Waals surface area contributed by atoms with Crippen molar-refractivity contribution in [3.05, 3.63) is 24.2 Å². The summed E-state index contributed by atoms with van der Waals surface area (Å²) < 4.78 is 12.7. The SMILES string of the molecule is CC(C)(C)N1C=C(F)C=CC1.NC=O. The molecule has 0 unspecified atom stereocenters. The third-order valence-electron chi connectivity index (χ3n) is 1.72. The Kier molecular flexibility index (Phi) is 4.91. The van der Waals surface area contributed by atoms with Crippen molar-refractivity contribution in [1.82, 2.24) is 4.90 Å². The lowest BCUT2D eigenvalue weighted by Gasteiger charge is -2.35. The van der Waals surface area contributed by atoms with Crippen LogP contribution in [0.2, 0.25) is 0 Å². The number of carbonyl (C=O) groups is 1. The van der Waals surface area contributed by atoms with Gasteiger partial charge in [0.2, 0.25) is 6.41 Å². The molecule has 1 rings (SSSR count). The molecule has 2 N–H and O–H groups in total. The smallest absolute Gasteiger partial charge is 0.204 e. The van der Waals surface area contributed by atoms with Crippen LogP contribution in [-0.2, 0) is 4.79 Å². The van der Waals surface area contributed by atoms with Crippen molar-refractivity contribution in [2.75, 3.05) is 6.54 Å². The number of nitrogens with zero attached hydrogens (tertiary/aromatic N) is 1. The molecule has 4 heteroatoms. The highest BCUT2D eigenvalue weighted by Crippen LogP contribution is 2.18. The van der Waals surface area contributed by atoms with Gasteiger partial charge in [-0.05, 0) is 26.8 Å². The van der Waals surface area contributed by atoms with Gasteiger partial charge in [-0.15, -0.1) is 0 Å². The molecule has 14 heavy (non-hydrogen) atoms. The molecule has 0 aliphatic carbocycles. The molecule has 0 spiro atoms. The summed E-state index contributed by atoms with van der Waals surface area (Å²) in [7, 11) is 0. The van der Waals surface area contributed by atoms with Gasteiger partial charge in [0, 0.05) is 18.3 Å². The minimum atomic E-state index is -0.161. The topological polar surface area (TPSA) is 46.3 Å². The molecule has 0 bridgehead atoms. The Morgan fingerprint density at radius 3 is 2.36 bits per heavy atom. The van der Waals surface area contributed by atoms with Crippen LogP contribution in [0.5, 0.6) is 0 Å². The van der Waals surface area contributed by atoms with E-state index in [1.807, 2.05) is 11.0 Å². The second kappa shape index (κ2) is 5.42. The molecule has 1 heterocycles. The van der Waals surface area contributed by atoms with E-state index >= 15 is 0 Å². The lowest BCUT2D eigenvalue weighted by atomic mass is 10.1. The van der Waals surface area contributed by atoms with Crippen LogP contribution in [0.25, 0.3) is 0 Å². The number of allylic oxidation sites excluding steroid dienone is 2. The van der Waals surface area contributed by atoms with Crippen LogP contribution in [-0.4, -0.2) is 23.4 Å². The van der Waals surface area contributed by atoms with Crippen molar-refractivity contribution in [2.45, 2.75) is 26.3 Å². The minimum Gasteiger partial charge on any atom is -0.372 e. The van der Waals surface area contributed by atoms with Crippen molar-refractivity contribution in [1.29, 1.82) is 0 Å². The fourth-order valence-electron chi connectivity index (χ4n) is 0.991. The summed E-state index contributed by atoms with van der Waals surface area (Å²) in [6.45, 7) is 7.00. The maximum absolute atomic E-state index is 12.7. The highest BCUT2D eigenvalue weighted by Gasteiger charge is 2.18. The first kappa shape index (κ1) is 12.7. The first-order valence-electron chi connectivity index (χ1n) is 4.37. The van der Waals surface area contributed by atoms with Gasteiger partial charge < -0.3 is 10.6 Å². The number of halogens is 1. The molecule has 0 saturated heterocycles. The predicted molar refractivity (Wildman–Crippen MR) is 55.0 cm³/mol. The zero-order valence-electron chi connectivity index (χ0n) is 8.83. The predicted octanol–water partition coefficient (Wildman–Crippen LogP) is 1.57. The highest BCUT2D eigenvalue weighted by molar-refractivity contribution is 5.42. The third-order valence-corrected chi connectivity index (χ3v) is 1.72. The fourth-order valence-corrected chi connectivity index (χ4v) is 0.991. The van der Waals surface area contributed by atoms with Crippen LogP contribution in [0.4, 0.5) is 4.39 Å². The van der Waals surface area contributed by atoms with Gasteiger partial charge in [-0.1, -0.05) is 6.08 Å². The lowest BCUT2D eigenvalue weighted by molar-refractivity contribution is -0.106. The number of hydrogen-bond donors (Lipinski definition) is 1. The maximum atomic E-state index is 12.7. The van der Waals surface area contributed by atoms with Crippen LogP contribution in [0.15, 0.2) is 24.2 Å². The first-order chi connectivity index (χ1) is 6.41. The lowest BCUT2D eigenvalue weighted by Crippen LogP contribution is -2.38. The van der Waals surface area contributed by atoms with E-state index in [0.717, 1.165) is 6.54 Å². The van der Waals surface area contributed by atoms with E-state index in [4.69, 9.17) is 4.79 Å². The number of carbonyl (C=O) groups excluding carboxylic acids is 1. The van der Waals surface area contributed by atoms with Crippen LogP contribution in [0.3, 0.4) is 0 Å². The monoisotopic (exact) mass is 200 g/mol. The third kappa shape index (κ3) is 4.64. The highest BCUT2D eigenvalue weighted by atomic mass is 19.1. The van der Waals surface area contributed by atoms with Crippen LogP contribution >= 0.6 is 0 Å². The minimum absolute atomic E-state index is 0.0160. The van der Waals surface area contributed by atoms with Crippen molar-refractivity contribution in [3.8, 4) is 0 Å². The van der Waals surface area contributed by atoms with Crippen molar-refractivity contribution in [3.63, 3.8) is 0 Å². The van der Waals surface area contributed by atoms with E-state index in [1.165, 1.54) is 6.08 Å². The van der Waals surface area contributed by atoms with Gasteiger partial charge in [-0.3, -0.25) is 4.79 Å². The summed E-state index contributed by atoms with van der Waals surface area (Å²) in [5.74, 6) is -0.161. The average Bonchev–Trinajstić information content (AvgIpc) is 2.04. The van der Waals surface area contributed by atoms with E-state index in [1.54, 1.807) is 6.20 Å². The van der Waals surface area contributed by atoms with Crippen molar-refractivity contribution in [2.24, 2.45) is 5.73 Å². The van der Waals surface area contributed by atoms with E-state index < -0.39 is 0 Å². The molecule has 0 fully saturated rings. The normalized spacial score (nSPS) is 15.4. The number of amides is 1. The van der Waals surface area contributed by atoms with Crippen LogP contribution in [0.1, 0.15) is 20.8 Å². The van der Waals surface area contributed by atoms with Gasteiger partial charge in [-0.25, -0.2) is 4.39 Å². The Bertz CT molecular complexity index is 241. The fraction of sp³-hybridized carbons (Fsp3) is 0.500. The number of rotatable bonds is 0. The molecule has 0 aromatic rings. The van der Waals surface area contributed by atoms with Gasteiger partial charge >= 0.3 is 0 Å². The van der Waals surface area contributed by atoms with Crippen LogP contribution < -0.4 is 5.73 Å². The average molecular weight is 200 g/mol. The van der Waals surface area contributed by atoms with Crippen molar-refractivity contribution < 1.29 is 9.18 Å². The molecule has 0 aromatic heterocycles. The Balaban J connectivity index is 0.000000500. The summed E-state index contributed by atoms with van der Waals surface area (Å²) in [5, 5.41) is 0.